The van der Waals surface area contributed by atoms with Gasteiger partial charge < -0.3 is 10.6 Å². The van der Waals surface area contributed by atoms with Crippen molar-refractivity contribution in [1.82, 2.24) is 19.9 Å². The van der Waals surface area contributed by atoms with E-state index >= 15 is 0 Å². The highest BCUT2D eigenvalue weighted by Crippen LogP contribution is 2.38. The highest BCUT2D eigenvalue weighted by Gasteiger charge is 2.38. The molecule has 3 aromatic rings. The number of nitrogen functional groups attached to an aromatic ring is 1. The number of nitrogens with zero attached hydrogens (tertiary/aromatic N) is 4. The summed E-state index contributed by atoms with van der Waals surface area (Å²) in [6, 6.07) is 6.13. The largest absolute Gasteiger partial charge is 0.397 e. The number of aromatic nitrogens is 3. The van der Waals surface area contributed by atoms with Crippen LogP contribution in [0.15, 0.2) is 36.8 Å². The summed E-state index contributed by atoms with van der Waals surface area (Å²) in [4.78, 5) is 28.1. The van der Waals surface area contributed by atoms with Gasteiger partial charge in [0.15, 0.2) is 0 Å². The summed E-state index contributed by atoms with van der Waals surface area (Å²) in [5, 5.41) is 0.797. The second kappa shape index (κ2) is 5.24. The molecule has 6 nitrogen and oxygen atoms in total. The molecule has 0 radical (unpaired) electrons. The van der Waals surface area contributed by atoms with Gasteiger partial charge in [-0.25, -0.2) is 4.98 Å². The molecule has 2 N–H and O–H groups in total. The Morgan fingerprint density at radius 1 is 1.20 bits per heavy atom. The fourth-order valence-corrected chi connectivity index (χ4v) is 3.73. The Balaban J connectivity index is 1.71. The zero-order valence-corrected chi connectivity index (χ0v) is 13.6. The Morgan fingerprint density at radius 3 is 2.80 bits per heavy atom. The van der Waals surface area contributed by atoms with E-state index in [9.17, 15) is 4.79 Å². The van der Waals surface area contributed by atoms with E-state index < -0.39 is 0 Å². The molecule has 0 spiro atoms. The zero-order chi connectivity index (χ0) is 17.0. The monoisotopic (exact) mass is 331 g/mol. The summed E-state index contributed by atoms with van der Waals surface area (Å²) in [5.74, 6) is 0.0245. The number of amides is 1. The topological polar surface area (TPSA) is 85.0 Å². The zero-order valence-electron chi connectivity index (χ0n) is 13.6. The molecule has 1 aliphatic heterocycles. The smallest absolute Gasteiger partial charge is 0.258 e. The lowest BCUT2D eigenvalue weighted by molar-refractivity contribution is 0.0606. The van der Waals surface area contributed by atoms with Crippen LogP contribution in [-0.2, 0) is 6.54 Å². The van der Waals surface area contributed by atoms with Crippen LogP contribution in [0.2, 0.25) is 0 Å². The molecule has 25 heavy (non-hydrogen) atoms. The molecule has 124 valence electrons. The van der Waals surface area contributed by atoms with Gasteiger partial charge >= 0.3 is 0 Å². The molecule has 0 saturated heterocycles. The second-order valence-corrected chi connectivity index (χ2v) is 6.66. The number of pyridine rings is 1. The average Bonchev–Trinajstić information content (AvgIpc) is 2.91. The average molecular weight is 331 g/mol. The highest BCUT2D eigenvalue weighted by atomic mass is 16.2. The molecular weight excluding hydrogens is 314 g/mol. The summed E-state index contributed by atoms with van der Waals surface area (Å²) >= 11 is 0. The highest BCUT2D eigenvalue weighted by molar-refractivity contribution is 6.11. The van der Waals surface area contributed by atoms with Crippen LogP contribution < -0.4 is 5.73 Å². The van der Waals surface area contributed by atoms with Crippen molar-refractivity contribution in [1.29, 1.82) is 0 Å². The van der Waals surface area contributed by atoms with Crippen LogP contribution in [0.3, 0.4) is 0 Å². The van der Waals surface area contributed by atoms with E-state index in [-0.39, 0.29) is 5.91 Å². The van der Waals surface area contributed by atoms with Crippen molar-refractivity contribution < 1.29 is 4.79 Å². The van der Waals surface area contributed by atoms with E-state index in [1.54, 1.807) is 18.6 Å². The van der Waals surface area contributed by atoms with Crippen molar-refractivity contribution in [2.75, 3.05) is 5.73 Å². The van der Waals surface area contributed by atoms with Crippen LogP contribution in [0.1, 0.15) is 35.3 Å². The van der Waals surface area contributed by atoms with E-state index in [4.69, 9.17) is 10.7 Å². The lowest BCUT2D eigenvalue weighted by Gasteiger charge is -2.34. The fraction of sp³-hybridized carbons (Fsp3) is 0.263. The molecule has 2 aliphatic rings. The van der Waals surface area contributed by atoms with Crippen LogP contribution in [0.4, 0.5) is 5.69 Å². The van der Waals surface area contributed by atoms with Crippen molar-refractivity contribution in [2.45, 2.75) is 31.8 Å². The van der Waals surface area contributed by atoms with Crippen LogP contribution in [0, 0.1) is 0 Å². The van der Waals surface area contributed by atoms with Gasteiger partial charge in [-0.3, -0.25) is 14.8 Å². The summed E-state index contributed by atoms with van der Waals surface area (Å²) < 4.78 is 0. The molecular formula is C19H17N5O. The van der Waals surface area contributed by atoms with Gasteiger partial charge in [0.2, 0.25) is 0 Å². The normalized spacial score (nSPS) is 17.0. The summed E-state index contributed by atoms with van der Waals surface area (Å²) in [6.07, 6.45) is 8.35. The quantitative estimate of drug-likeness (QED) is 0.780. The van der Waals surface area contributed by atoms with Crippen LogP contribution in [0.25, 0.3) is 22.2 Å². The molecule has 3 heterocycles. The Kier molecular flexibility index (Phi) is 3.00. The maximum atomic E-state index is 12.8. The molecule has 1 aromatic carbocycles. The van der Waals surface area contributed by atoms with E-state index in [1.807, 2.05) is 23.1 Å². The number of anilines is 1. The van der Waals surface area contributed by atoms with Crippen molar-refractivity contribution in [3.05, 3.63) is 48.0 Å². The Morgan fingerprint density at radius 2 is 2.08 bits per heavy atom. The number of hydrogen-bond donors (Lipinski definition) is 1. The number of fused-ring (bicyclic) bond motifs is 2. The van der Waals surface area contributed by atoms with Gasteiger partial charge in [-0.15, -0.1) is 0 Å². The summed E-state index contributed by atoms with van der Waals surface area (Å²) in [6.45, 7) is 0.549. The molecule has 0 bridgehead atoms. The van der Waals surface area contributed by atoms with Gasteiger partial charge in [0.1, 0.15) is 0 Å². The first-order chi connectivity index (χ1) is 12.2. The third-order valence-electron chi connectivity index (χ3n) is 5.28. The minimum Gasteiger partial charge on any atom is -0.397 e. The van der Waals surface area contributed by atoms with Gasteiger partial charge in [-0.05, 0) is 19.3 Å². The van der Waals surface area contributed by atoms with Crippen LogP contribution >= 0.6 is 0 Å². The van der Waals surface area contributed by atoms with E-state index in [1.165, 1.54) is 6.42 Å². The Labute approximate surface area is 144 Å². The third-order valence-corrected chi connectivity index (χ3v) is 5.28. The fourth-order valence-electron chi connectivity index (χ4n) is 3.73. The first-order valence-electron chi connectivity index (χ1n) is 8.52. The van der Waals surface area contributed by atoms with E-state index in [2.05, 4.69) is 9.97 Å². The Hall–Kier alpha value is -3.02. The lowest BCUT2D eigenvalue weighted by atomic mass is 9.92. The molecule has 1 amide bonds. The van der Waals surface area contributed by atoms with Gasteiger partial charge in [-0.2, -0.15) is 0 Å². The van der Waals surface area contributed by atoms with E-state index in [0.29, 0.717) is 23.8 Å². The first-order valence-corrected chi connectivity index (χ1v) is 8.52. The molecule has 0 unspecified atom stereocenters. The lowest BCUT2D eigenvalue weighted by Crippen LogP contribution is -2.40. The first kappa shape index (κ1) is 14.3. The summed E-state index contributed by atoms with van der Waals surface area (Å²) in [5.41, 5.74) is 10.7. The number of para-hydroxylation sites is 1. The maximum absolute atomic E-state index is 12.8. The molecule has 2 aromatic heterocycles. The molecule has 1 saturated carbocycles. The van der Waals surface area contributed by atoms with Crippen molar-refractivity contribution in [3.63, 3.8) is 0 Å². The van der Waals surface area contributed by atoms with Crippen LogP contribution in [-0.4, -0.2) is 31.8 Å². The van der Waals surface area contributed by atoms with Crippen molar-refractivity contribution in [3.8, 4) is 11.3 Å². The standard InChI is InChI=1S/C19H17N5O/c20-17-13-6-2-5-12(14-9-21-7-8-22-14)18(13)23-15-10-24(11-3-1-4-11)19(25)16(15)17/h2,5-9,11H,1,3-4,10H2,(H2,20,23). The van der Waals surface area contributed by atoms with Crippen LogP contribution in [0.5, 0.6) is 0 Å². The molecule has 0 atom stereocenters. The van der Waals surface area contributed by atoms with Crippen molar-refractivity contribution >= 4 is 22.5 Å². The van der Waals surface area contributed by atoms with E-state index in [0.717, 1.165) is 40.7 Å². The molecule has 6 heteroatoms. The number of benzene rings is 1. The van der Waals surface area contributed by atoms with Gasteiger partial charge in [-0.1, -0.05) is 18.2 Å². The predicted molar refractivity (Wildman–Crippen MR) is 94.7 cm³/mol. The molecule has 5 rings (SSSR count). The second-order valence-electron chi connectivity index (χ2n) is 6.66. The number of carbonyl (C=O) groups is 1. The number of nitrogens with two attached hydrogens (primary N) is 1. The minimum atomic E-state index is 0.0245. The number of carbonyl (C=O) groups excluding carboxylic acids is 1. The number of rotatable bonds is 2. The van der Waals surface area contributed by atoms with Crippen molar-refractivity contribution in [2.24, 2.45) is 0 Å². The van der Waals surface area contributed by atoms with Gasteiger partial charge in [0, 0.05) is 29.4 Å². The molecule has 1 fully saturated rings. The SMILES string of the molecule is Nc1c2c(nc3c(-c4cnccn4)cccc13)CN(C1CCC1)C2=O. The van der Waals surface area contributed by atoms with Gasteiger partial charge in [0.25, 0.3) is 5.91 Å². The Bertz CT molecular complexity index is 998. The third kappa shape index (κ3) is 2.03. The number of hydrogen-bond acceptors (Lipinski definition) is 5. The van der Waals surface area contributed by atoms with Gasteiger partial charge in [0.05, 0.1) is 40.9 Å². The predicted octanol–water partition coefficient (Wildman–Crippen LogP) is 2.78. The maximum Gasteiger partial charge on any atom is 0.258 e. The summed E-state index contributed by atoms with van der Waals surface area (Å²) in [7, 11) is 0. The molecule has 1 aliphatic carbocycles. The minimum absolute atomic E-state index is 0.0245.